The standard InChI is InChI=1S/C10H16/c1-4-10-7-8(2)5-6-9(10)3/h4,8H,3,5-7H2,1-2H3/b10-4-/t8-/m0/s1. The molecule has 0 N–H and O–H groups in total. The molecule has 56 valence electrons. The van der Waals surface area contributed by atoms with E-state index in [2.05, 4.69) is 26.5 Å². The van der Waals surface area contributed by atoms with Crippen molar-refractivity contribution in [3.63, 3.8) is 0 Å². The van der Waals surface area contributed by atoms with E-state index >= 15 is 0 Å². The van der Waals surface area contributed by atoms with E-state index in [0.29, 0.717) is 0 Å². The van der Waals surface area contributed by atoms with Crippen LogP contribution in [0.5, 0.6) is 0 Å². The third-order valence-corrected chi connectivity index (χ3v) is 2.31. The van der Waals surface area contributed by atoms with Gasteiger partial charge in [0.05, 0.1) is 0 Å². The molecular formula is C10H16. The van der Waals surface area contributed by atoms with Crippen molar-refractivity contribution in [2.75, 3.05) is 0 Å². The molecule has 0 heterocycles. The Morgan fingerprint density at radius 2 is 2.30 bits per heavy atom. The van der Waals surface area contributed by atoms with Crippen LogP contribution in [0.15, 0.2) is 23.8 Å². The first-order chi connectivity index (χ1) is 4.74. The van der Waals surface area contributed by atoms with Crippen molar-refractivity contribution < 1.29 is 0 Å². The lowest BCUT2D eigenvalue weighted by Gasteiger charge is -2.22. The average molecular weight is 136 g/mol. The summed E-state index contributed by atoms with van der Waals surface area (Å²) in [5, 5.41) is 0. The molecule has 0 bridgehead atoms. The number of rotatable bonds is 0. The van der Waals surface area contributed by atoms with Gasteiger partial charge in [0.2, 0.25) is 0 Å². The normalized spacial score (nSPS) is 31.2. The molecule has 1 atom stereocenters. The molecule has 1 aliphatic rings. The zero-order valence-corrected chi connectivity index (χ0v) is 6.98. The molecule has 0 aromatic carbocycles. The molecule has 0 aromatic heterocycles. The summed E-state index contributed by atoms with van der Waals surface area (Å²) in [7, 11) is 0. The Morgan fingerprint density at radius 3 is 2.80 bits per heavy atom. The van der Waals surface area contributed by atoms with E-state index < -0.39 is 0 Å². The third kappa shape index (κ3) is 1.50. The lowest BCUT2D eigenvalue weighted by molar-refractivity contribution is 0.498. The van der Waals surface area contributed by atoms with Crippen LogP contribution in [0.2, 0.25) is 0 Å². The number of allylic oxidation sites excluding steroid dienone is 3. The predicted molar refractivity (Wildman–Crippen MR) is 45.9 cm³/mol. The molecule has 0 amide bonds. The van der Waals surface area contributed by atoms with Crippen LogP contribution in [0, 0.1) is 5.92 Å². The monoisotopic (exact) mass is 136 g/mol. The molecule has 10 heavy (non-hydrogen) atoms. The fourth-order valence-corrected chi connectivity index (χ4v) is 1.52. The second kappa shape index (κ2) is 3.05. The van der Waals surface area contributed by atoms with Crippen LogP contribution in [0.1, 0.15) is 33.1 Å². The molecule has 1 saturated carbocycles. The number of hydrogen-bond acceptors (Lipinski definition) is 0. The summed E-state index contributed by atoms with van der Waals surface area (Å²) in [6, 6.07) is 0. The third-order valence-electron chi connectivity index (χ3n) is 2.31. The first kappa shape index (κ1) is 7.59. The second-order valence-corrected chi connectivity index (χ2v) is 3.27. The van der Waals surface area contributed by atoms with E-state index in [1.807, 2.05) is 0 Å². The maximum atomic E-state index is 4.03. The summed E-state index contributed by atoms with van der Waals surface area (Å²) in [4.78, 5) is 0. The van der Waals surface area contributed by atoms with E-state index in [1.54, 1.807) is 0 Å². The highest BCUT2D eigenvalue weighted by atomic mass is 14.2. The molecule has 1 aliphatic carbocycles. The van der Waals surface area contributed by atoms with Crippen LogP contribution in [0.3, 0.4) is 0 Å². The molecule has 0 aromatic rings. The molecule has 0 aliphatic heterocycles. The second-order valence-electron chi connectivity index (χ2n) is 3.27. The van der Waals surface area contributed by atoms with Crippen LogP contribution in [0.4, 0.5) is 0 Å². The Bertz CT molecular complexity index is 163. The van der Waals surface area contributed by atoms with Crippen LogP contribution < -0.4 is 0 Å². The van der Waals surface area contributed by atoms with E-state index in [1.165, 1.54) is 30.4 Å². The van der Waals surface area contributed by atoms with Gasteiger partial charge in [-0.2, -0.15) is 0 Å². The largest absolute Gasteiger partial charge is 0.0956 e. The minimum atomic E-state index is 0.872. The highest BCUT2D eigenvalue weighted by molar-refractivity contribution is 5.29. The van der Waals surface area contributed by atoms with Gasteiger partial charge in [-0.15, -0.1) is 0 Å². The summed E-state index contributed by atoms with van der Waals surface area (Å²) in [5.41, 5.74) is 2.85. The van der Waals surface area contributed by atoms with Crippen molar-refractivity contribution in [2.24, 2.45) is 5.92 Å². The van der Waals surface area contributed by atoms with Crippen molar-refractivity contribution >= 4 is 0 Å². The number of hydrogen-bond donors (Lipinski definition) is 0. The lowest BCUT2D eigenvalue weighted by Crippen LogP contribution is -2.06. The van der Waals surface area contributed by atoms with Gasteiger partial charge in [0.1, 0.15) is 0 Å². The van der Waals surface area contributed by atoms with E-state index in [-0.39, 0.29) is 0 Å². The fourth-order valence-electron chi connectivity index (χ4n) is 1.52. The molecule has 0 heteroatoms. The van der Waals surface area contributed by atoms with Crippen LogP contribution >= 0.6 is 0 Å². The van der Waals surface area contributed by atoms with Crippen molar-refractivity contribution in [3.05, 3.63) is 23.8 Å². The van der Waals surface area contributed by atoms with E-state index in [4.69, 9.17) is 0 Å². The molecule has 1 fully saturated rings. The van der Waals surface area contributed by atoms with Crippen molar-refractivity contribution in [2.45, 2.75) is 33.1 Å². The lowest BCUT2D eigenvalue weighted by atomic mass is 9.84. The van der Waals surface area contributed by atoms with Crippen molar-refractivity contribution in [1.29, 1.82) is 0 Å². The van der Waals surface area contributed by atoms with E-state index in [9.17, 15) is 0 Å². The maximum absolute atomic E-state index is 4.03. The van der Waals surface area contributed by atoms with Crippen molar-refractivity contribution in [1.82, 2.24) is 0 Å². The first-order valence-corrected chi connectivity index (χ1v) is 4.07. The Kier molecular flexibility index (Phi) is 2.31. The van der Waals surface area contributed by atoms with Gasteiger partial charge >= 0.3 is 0 Å². The smallest absolute Gasteiger partial charge is 0.0254 e. The van der Waals surface area contributed by atoms with Gasteiger partial charge in [0, 0.05) is 0 Å². The molecule has 1 rings (SSSR count). The van der Waals surface area contributed by atoms with Gasteiger partial charge in [-0.3, -0.25) is 0 Å². The minimum absolute atomic E-state index is 0.872. The van der Waals surface area contributed by atoms with Crippen molar-refractivity contribution in [3.8, 4) is 0 Å². The summed E-state index contributed by atoms with van der Waals surface area (Å²) in [5.74, 6) is 0.872. The van der Waals surface area contributed by atoms with Gasteiger partial charge < -0.3 is 0 Å². The van der Waals surface area contributed by atoms with Crippen LogP contribution in [-0.2, 0) is 0 Å². The summed E-state index contributed by atoms with van der Waals surface area (Å²) in [6.07, 6.45) is 5.99. The Labute approximate surface area is 63.6 Å². The first-order valence-electron chi connectivity index (χ1n) is 4.07. The topological polar surface area (TPSA) is 0 Å². The highest BCUT2D eigenvalue weighted by Gasteiger charge is 2.14. The SMILES string of the molecule is C=C1CC[C@H](C)C/C1=C/C. The Hall–Kier alpha value is -0.520. The van der Waals surface area contributed by atoms with Crippen LogP contribution in [0.25, 0.3) is 0 Å². The minimum Gasteiger partial charge on any atom is -0.0956 e. The Balaban J connectivity index is 2.63. The summed E-state index contributed by atoms with van der Waals surface area (Å²) in [6.45, 7) is 8.46. The quantitative estimate of drug-likeness (QED) is 0.479. The van der Waals surface area contributed by atoms with Gasteiger partial charge in [-0.1, -0.05) is 25.2 Å². The molecule has 0 radical (unpaired) electrons. The Morgan fingerprint density at radius 1 is 1.60 bits per heavy atom. The van der Waals surface area contributed by atoms with Gasteiger partial charge in [-0.05, 0) is 37.7 Å². The van der Waals surface area contributed by atoms with Gasteiger partial charge in [-0.25, -0.2) is 0 Å². The summed E-state index contributed by atoms with van der Waals surface area (Å²) >= 11 is 0. The average Bonchev–Trinajstić information content (AvgIpc) is 1.94. The molecule has 0 nitrogen and oxygen atoms in total. The van der Waals surface area contributed by atoms with Crippen LogP contribution in [-0.4, -0.2) is 0 Å². The maximum Gasteiger partial charge on any atom is -0.0254 e. The molecule has 0 saturated heterocycles. The molecular weight excluding hydrogens is 120 g/mol. The van der Waals surface area contributed by atoms with E-state index in [0.717, 1.165) is 5.92 Å². The molecule has 0 spiro atoms. The van der Waals surface area contributed by atoms with Gasteiger partial charge in [0.15, 0.2) is 0 Å². The molecule has 0 unspecified atom stereocenters. The fraction of sp³-hybridized carbons (Fsp3) is 0.600. The zero-order valence-electron chi connectivity index (χ0n) is 6.98. The zero-order chi connectivity index (χ0) is 7.56. The highest BCUT2D eigenvalue weighted by Crippen LogP contribution is 2.30. The predicted octanol–water partition coefficient (Wildman–Crippen LogP) is 3.31. The summed E-state index contributed by atoms with van der Waals surface area (Å²) < 4.78 is 0. The van der Waals surface area contributed by atoms with Gasteiger partial charge in [0.25, 0.3) is 0 Å².